The third kappa shape index (κ3) is 3.64. The average molecular weight is 217 g/mol. The van der Waals surface area contributed by atoms with Gasteiger partial charge in [0.2, 0.25) is 0 Å². The highest BCUT2D eigenvalue weighted by Crippen LogP contribution is 2.17. The van der Waals surface area contributed by atoms with Gasteiger partial charge in [-0.2, -0.15) is 0 Å². The molecule has 1 nitrogen and oxygen atoms in total. The van der Waals surface area contributed by atoms with Crippen molar-refractivity contribution >= 4 is 11.6 Å². The molecule has 1 aromatic carbocycles. The molecular formula is C11H14ClFO. The van der Waals surface area contributed by atoms with Crippen LogP contribution in [0, 0.1) is 5.82 Å². The van der Waals surface area contributed by atoms with Crippen molar-refractivity contribution in [1.82, 2.24) is 0 Å². The number of unbranched alkanes of at least 4 members (excludes halogenated alkanes) is 2. The first kappa shape index (κ1) is 11.5. The summed E-state index contributed by atoms with van der Waals surface area (Å²) in [5.74, 6) is -0.370. The highest BCUT2D eigenvalue weighted by molar-refractivity contribution is 6.30. The Kier molecular flexibility index (Phi) is 4.91. The molecule has 78 valence electrons. The third-order valence-electron chi connectivity index (χ3n) is 2.11. The van der Waals surface area contributed by atoms with Crippen molar-refractivity contribution < 1.29 is 9.50 Å². The number of halogens is 2. The number of aliphatic hydroxyl groups excluding tert-OH is 1. The van der Waals surface area contributed by atoms with E-state index in [-0.39, 0.29) is 17.4 Å². The summed E-state index contributed by atoms with van der Waals surface area (Å²) in [5, 5.41) is 8.76. The standard InChI is InChI=1S/C11H14ClFO/c12-10-8-9(5-6-11(10)13)4-2-1-3-7-14/h5-6,8,14H,1-4,7H2. The fraction of sp³-hybridized carbons (Fsp3) is 0.455. The van der Waals surface area contributed by atoms with Crippen LogP contribution in [0.4, 0.5) is 4.39 Å². The van der Waals surface area contributed by atoms with Crippen LogP contribution in [0.3, 0.4) is 0 Å². The molecule has 0 fully saturated rings. The van der Waals surface area contributed by atoms with Crippen LogP contribution in [0.25, 0.3) is 0 Å². The van der Waals surface area contributed by atoms with Gasteiger partial charge in [0, 0.05) is 6.61 Å². The maximum absolute atomic E-state index is 12.8. The second-order valence-corrected chi connectivity index (χ2v) is 3.69. The molecule has 1 aromatic rings. The van der Waals surface area contributed by atoms with Gasteiger partial charge in [0.25, 0.3) is 0 Å². The molecule has 0 radical (unpaired) electrons. The largest absolute Gasteiger partial charge is 0.396 e. The second-order valence-electron chi connectivity index (χ2n) is 3.28. The first-order valence-electron chi connectivity index (χ1n) is 4.79. The molecule has 0 aliphatic carbocycles. The predicted octanol–water partition coefficient (Wildman–Crippen LogP) is 3.18. The molecule has 0 saturated carbocycles. The van der Waals surface area contributed by atoms with E-state index in [0.29, 0.717) is 0 Å². The number of benzene rings is 1. The molecule has 0 spiro atoms. The topological polar surface area (TPSA) is 20.2 Å². The van der Waals surface area contributed by atoms with E-state index in [1.807, 2.05) is 0 Å². The van der Waals surface area contributed by atoms with Gasteiger partial charge in [-0.15, -0.1) is 0 Å². The summed E-state index contributed by atoms with van der Waals surface area (Å²) in [6, 6.07) is 4.81. The van der Waals surface area contributed by atoms with E-state index in [4.69, 9.17) is 16.7 Å². The van der Waals surface area contributed by atoms with Gasteiger partial charge in [-0.25, -0.2) is 4.39 Å². The monoisotopic (exact) mass is 216 g/mol. The molecule has 0 unspecified atom stereocenters. The Morgan fingerprint density at radius 3 is 2.64 bits per heavy atom. The minimum Gasteiger partial charge on any atom is -0.396 e. The molecule has 3 heteroatoms. The lowest BCUT2D eigenvalue weighted by Crippen LogP contribution is -1.89. The number of hydrogen-bond acceptors (Lipinski definition) is 1. The first-order chi connectivity index (χ1) is 6.74. The van der Waals surface area contributed by atoms with Gasteiger partial charge in [0.15, 0.2) is 0 Å². The Labute approximate surface area is 88.5 Å². The van der Waals surface area contributed by atoms with E-state index in [1.165, 1.54) is 6.07 Å². The number of aryl methyl sites for hydroxylation is 1. The molecule has 0 heterocycles. The lowest BCUT2D eigenvalue weighted by Gasteiger charge is -2.02. The molecule has 14 heavy (non-hydrogen) atoms. The van der Waals surface area contributed by atoms with Crippen LogP contribution in [0.15, 0.2) is 18.2 Å². The van der Waals surface area contributed by atoms with Crippen molar-refractivity contribution in [2.45, 2.75) is 25.7 Å². The first-order valence-corrected chi connectivity index (χ1v) is 5.16. The Bertz CT molecular complexity index is 289. The minimum atomic E-state index is -0.370. The fourth-order valence-electron chi connectivity index (χ4n) is 1.31. The zero-order chi connectivity index (χ0) is 10.4. The van der Waals surface area contributed by atoms with Crippen LogP contribution in [-0.2, 0) is 6.42 Å². The lowest BCUT2D eigenvalue weighted by molar-refractivity contribution is 0.283. The van der Waals surface area contributed by atoms with Crippen molar-refractivity contribution in [3.63, 3.8) is 0 Å². The van der Waals surface area contributed by atoms with Crippen molar-refractivity contribution in [2.75, 3.05) is 6.61 Å². The van der Waals surface area contributed by atoms with E-state index in [0.717, 1.165) is 31.2 Å². The Morgan fingerprint density at radius 2 is 2.00 bits per heavy atom. The molecule has 0 aliphatic rings. The summed E-state index contributed by atoms with van der Waals surface area (Å²) in [4.78, 5) is 0. The molecule has 0 bridgehead atoms. The van der Waals surface area contributed by atoms with Gasteiger partial charge in [-0.1, -0.05) is 24.1 Å². The van der Waals surface area contributed by atoms with E-state index in [2.05, 4.69) is 0 Å². The molecule has 0 amide bonds. The summed E-state index contributed by atoms with van der Waals surface area (Å²) < 4.78 is 12.8. The highest BCUT2D eigenvalue weighted by Gasteiger charge is 2.00. The third-order valence-corrected chi connectivity index (χ3v) is 2.40. The minimum absolute atomic E-state index is 0.185. The van der Waals surface area contributed by atoms with Crippen LogP contribution < -0.4 is 0 Å². The molecular weight excluding hydrogens is 203 g/mol. The van der Waals surface area contributed by atoms with Crippen LogP contribution in [0.5, 0.6) is 0 Å². The summed E-state index contributed by atoms with van der Waals surface area (Å²) in [5.41, 5.74) is 1.05. The van der Waals surface area contributed by atoms with E-state index >= 15 is 0 Å². The number of aliphatic hydroxyl groups is 1. The molecule has 0 saturated heterocycles. The molecule has 1 N–H and O–H groups in total. The molecule has 0 aliphatic heterocycles. The van der Waals surface area contributed by atoms with Gasteiger partial charge in [-0.05, 0) is 37.0 Å². The van der Waals surface area contributed by atoms with Crippen LogP contribution in [0.1, 0.15) is 24.8 Å². The van der Waals surface area contributed by atoms with Crippen molar-refractivity contribution in [3.8, 4) is 0 Å². The van der Waals surface area contributed by atoms with Crippen molar-refractivity contribution in [3.05, 3.63) is 34.6 Å². The highest BCUT2D eigenvalue weighted by atomic mass is 35.5. The molecule has 1 rings (SSSR count). The normalized spacial score (nSPS) is 10.5. The van der Waals surface area contributed by atoms with Crippen LogP contribution >= 0.6 is 11.6 Å². The van der Waals surface area contributed by atoms with Crippen LogP contribution in [-0.4, -0.2) is 11.7 Å². The maximum atomic E-state index is 12.8. The van der Waals surface area contributed by atoms with Gasteiger partial charge < -0.3 is 5.11 Å². The summed E-state index contributed by atoms with van der Waals surface area (Å²) in [6.45, 7) is 0.240. The van der Waals surface area contributed by atoms with E-state index in [9.17, 15) is 4.39 Å². The fourth-order valence-corrected chi connectivity index (χ4v) is 1.52. The Morgan fingerprint density at radius 1 is 1.21 bits per heavy atom. The summed E-state index contributed by atoms with van der Waals surface area (Å²) in [7, 11) is 0. The predicted molar refractivity (Wildman–Crippen MR) is 56.1 cm³/mol. The van der Waals surface area contributed by atoms with Crippen molar-refractivity contribution in [1.29, 1.82) is 0 Å². The average Bonchev–Trinajstić information content (AvgIpc) is 2.18. The zero-order valence-electron chi connectivity index (χ0n) is 7.97. The second kappa shape index (κ2) is 5.99. The molecule has 0 aromatic heterocycles. The Hall–Kier alpha value is -0.600. The maximum Gasteiger partial charge on any atom is 0.141 e. The van der Waals surface area contributed by atoms with Gasteiger partial charge in [0.1, 0.15) is 5.82 Å². The lowest BCUT2D eigenvalue weighted by atomic mass is 10.1. The quantitative estimate of drug-likeness (QED) is 0.750. The van der Waals surface area contributed by atoms with Gasteiger partial charge >= 0.3 is 0 Å². The summed E-state index contributed by atoms with van der Waals surface area (Å²) >= 11 is 5.64. The molecule has 0 atom stereocenters. The van der Waals surface area contributed by atoms with Crippen molar-refractivity contribution in [2.24, 2.45) is 0 Å². The number of rotatable bonds is 5. The van der Waals surface area contributed by atoms with E-state index < -0.39 is 0 Å². The van der Waals surface area contributed by atoms with Gasteiger partial charge in [0.05, 0.1) is 5.02 Å². The van der Waals surface area contributed by atoms with E-state index in [1.54, 1.807) is 12.1 Å². The SMILES string of the molecule is OCCCCCc1ccc(F)c(Cl)c1. The number of hydrogen-bond donors (Lipinski definition) is 1. The zero-order valence-corrected chi connectivity index (χ0v) is 8.73. The van der Waals surface area contributed by atoms with Crippen LogP contribution in [0.2, 0.25) is 5.02 Å². The summed E-state index contributed by atoms with van der Waals surface area (Å²) in [6.07, 6.45) is 3.71. The van der Waals surface area contributed by atoms with Gasteiger partial charge in [-0.3, -0.25) is 0 Å². The Balaban J connectivity index is 2.39. The smallest absolute Gasteiger partial charge is 0.141 e.